The third-order valence-electron chi connectivity index (χ3n) is 3.54. The Morgan fingerprint density at radius 2 is 1.96 bits per heavy atom. The van der Waals surface area contributed by atoms with E-state index in [-0.39, 0.29) is 23.2 Å². The summed E-state index contributed by atoms with van der Waals surface area (Å²) in [6, 6.07) is 5.28. The molecular weight excluding hydrogens is 367 g/mol. The van der Waals surface area contributed by atoms with Gasteiger partial charge in [0.25, 0.3) is 0 Å². The quantitative estimate of drug-likeness (QED) is 0.741. The summed E-state index contributed by atoms with van der Waals surface area (Å²) in [4.78, 5) is 12.5. The van der Waals surface area contributed by atoms with Crippen LogP contribution in [0.4, 0.5) is 0 Å². The van der Waals surface area contributed by atoms with E-state index in [0.29, 0.717) is 10.0 Å². The van der Waals surface area contributed by atoms with Crippen molar-refractivity contribution >= 4 is 40.9 Å². The highest BCUT2D eigenvalue weighted by atomic mass is 35.5. The second kappa shape index (κ2) is 8.23. The van der Waals surface area contributed by atoms with Crippen LogP contribution in [0.5, 0.6) is 0 Å². The average molecular weight is 387 g/mol. The van der Waals surface area contributed by atoms with Crippen molar-refractivity contribution in [2.24, 2.45) is 0 Å². The Balaban J connectivity index is 2.01. The van der Waals surface area contributed by atoms with Crippen molar-refractivity contribution in [3.63, 3.8) is 0 Å². The van der Waals surface area contributed by atoms with Crippen LogP contribution in [-0.4, -0.2) is 25.9 Å². The number of hydrogen-bond acceptors (Lipinski definition) is 4. The van der Waals surface area contributed by atoms with Crippen LogP contribution in [0.2, 0.25) is 10.0 Å². The van der Waals surface area contributed by atoms with E-state index in [4.69, 9.17) is 23.2 Å². The van der Waals surface area contributed by atoms with E-state index in [1.807, 2.05) is 38.3 Å². The summed E-state index contributed by atoms with van der Waals surface area (Å²) in [5.41, 5.74) is 0.831. The van der Waals surface area contributed by atoms with Crippen LogP contribution in [0.3, 0.4) is 0 Å². The predicted octanol–water partition coefficient (Wildman–Crippen LogP) is 4.52. The molecule has 0 aliphatic rings. The fourth-order valence-electron chi connectivity index (χ4n) is 2.14. The van der Waals surface area contributed by atoms with Gasteiger partial charge in [-0.05, 0) is 45.4 Å². The molecule has 0 bridgehead atoms. The summed E-state index contributed by atoms with van der Waals surface area (Å²) in [6.07, 6.45) is 1.67. The molecule has 0 fully saturated rings. The molecule has 2 aromatic rings. The number of hydrogen-bond donors (Lipinski definition) is 1. The van der Waals surface area contributed by atoms with Crippen LogP contribution in [0.25, 0.3) is 0 Å². The summed E-state index contributed by atoms with van der Waals surface area (Å²) < 4.78 is 1.94. The van der Waals surface area contributed by atoms with Gasteiger partial charge in [0.05, 0.1) is 11.3 Å². The third kappa shape index (κ3) is 4.65. The Hall–Kier alpha value is -1.24. The molecule has 1 amide bonds. The molecule has 1 aromatic heterocycles. The molecule has 2 atom stereocenters. The number of benzene rings is 1. The summed E-state index contributed by atoms with van der Waals surface area (Å²) in [5.74, 6) is -0.0863. The van der Waals surface area contributed by atoms with E-state index in [1.54, 1.807) is 18.5 Å². The van der Waals surface area contributed by atoms with Gasteiger partial charge in [-0.1, -0.05) is 41.0 Å². The number of carbonyl (C=O) groups is 1. The first-order valence-electron chi connectivity index (χ1n) is 7.61. The summed E-state index contributed by atoms with van der Waals surface area (Å²) >= 11 is 13.5. The second-order valence-electron chi connectivity index (χ2n) is 5.77. The maximum absolute atomic E-state index is 12.5. The first-order chi connectivity index (χ1) is 11.3. The predicted molar refractivity (Wildman–Crippen MR) is 98.7 cm³/mol. The molecule has 1 heterocycles. The average Bonchev–Trinajstić information content (AvgIpc) is 2.95. The minimum atomic E-state index is -0.305. The molecule has 0 radical (unpaired) electrons. The van der Waals surface area contributed by atoms with E-state index in [1.165, 1.54) is 11.8 Å². The van der Waals surface area contributed by atoms with Crippen molar-refractivity contribution in [2.75, 3.05) is 0 Å². The highest BCUT2D eigenvalue weighted by Crippen LogP contribution is 2.27. The number of amides is 1. The van der Waals surface area contributed by atoms with Crippen molar-refractivity contribution in [1.29, 1.82) is 0 Å². The van der Waals surface area contributed by atoms with Crippen LogP contribution in [0.15, 0.2) is 29.7 Å². The Labute approximate surface area is 156 Å². The monoisotopic (exact) mass is 386 g/mol. The number of nitrogens with zero attached hydrogens (tertiary/aromatic N) is 3. The van der Waals surface area contributed by atoms with Crippen molar-refractivity contribution in [1.82, 2.24) is 20.1 Å². The minimum Gasteiger partial charge on any atom is -0.349 e. The second-order valence-corrected chi connectivity index (χ2v) is 7.92. The van der Waals surface area contributed by atoms with Gasteiger partial charge < -0.3 is 9.88 Å². The zero-order valence-corrected chi connectivity index (χ0v) is 16.3. The molecule has 0 spiro atoms. The summed E-state index contributed by atoms with van der Waals surface area (Å²) in [5, 5.41) is 12.5. The topological polar surface area (TPSA) is 59.8 Å². The Morgan fingerprint density at radius 1 is 1.25 bits per heavy atom. The van der Waals surface area contributed by atoms with E-state index in [0.717, 1.165) is 10.7 Å². The zero-order valence-electron chi connectivity index (χ0n) is 14.0. The number of thioether (sulfide) groups is 1. The molecule has 0 unspecified atom stereocenters. The molecule has 1 N–H and O–H groups in total. The molecule has 24 heavy (non-hydrogen) atoms. The first kappa shape index (κ1) is 19.1. The van der Waals surface area contributed by atoms with Gasteiger partial charge in [-0.15, -0.1) is 10.2 Å². The van der Waals surface area contributed by atoms with Crippen molar-refractivity contribution < 1.29 is 4.79 Å². The fraction of sp³-hybridized carbons (Fsp3) is 0.438. The summed E-state index contributed by atoms with van der Waals surface area (Å²) in [7, 11) is 0. The standard InChI is InChI=1S/C16H20Cl2N4OS/c1-9(2)22-8-19-21-16(22)24-11(4)15(23)20-10(3)13-6-5-12(17)7-14(13)18/h5-11H,1-4H3,(H,20,23)/t10-,11-/m1/s1. The maximum atomic E-state index is 12.5. The highest BCUT2D eigenvalue weighted by molar-refractivity contribution is 8.00. The number of halogens is 2. The summed E-state index contributed by atoms with van der Waals surface area (Å²) in [6.45, 7) is 7.82. The third-order valence-corrected chi connectivity index (χ3v) is 5.17. The zero-order chi connectivity index (χ0) is 17.9. The van der Waals surface area contributed by atoms with Crippen molar-refractivity contribution in [3.8, 4) is 0 Å². The van der Waals surface area contributed by atoms with Gasteiger partial charge in [0, 0.05) is 16.1 Å². The minimum absolute atomic E-state index is 0.0863. The highest BCUT2D eigenvalue weighted by Gasteiger charge is 2.21. The molecule has 1 aromatic carbocycles. The van der Waals surface area contributed by atoms with Crippen LogP contribution in [0, 0.1) is 0 Å². The van der Waals surface area contributed by atoms with Gasteiger partial charge in [0.15, 0.2) is 5.16 Å². The molecule has 130 valence electrons. The van der Waals surface area contributed by atoms with Gasteiger partial charge in [-0.3, -0.25) is 4.79 Å². The van der Waals surface area contributed by atoms with Crippen LogP contribution in [-0.2, 0) is 4.79 Å². The Morgan fingerprint density at radius 3 is 2.58 bits per heavy atom. The van der Waals surface area contributed by atoms with E-state index < -0.39 is 0 Å². The molecule has 0 saturated carbocycles. The molecule has 0 aliphatic carbocycles. The molecule has 5 nitrogen and oxygen atoms in total. The molecular formula is C16H20Cl2N4OS. The Bertz CT molecular complexity index is 720. The van der Waals surface area contributed by atoms with Gasteiger partial charge in [-0.2, -0.15) is 0 Å². The Kier molecular flexibility index (Phi) is 6.54. The molecule has 0 aliphatic heterocycles. The molecule has 8 heteroatoms. The lowest BCUT2D eigenvalue weighted by Gasteiger charge is -2.19. The van der Waals surface area contributed by atoms with E-state index >= 15 is 0 Å². The van der Waals surface area contributed by atoms with E-state index in [2.05, 4.69) is 15.5 Å². The van der Waals surface area contributed by atoms with Gasteiger partial charge in [-0.25, -0.2) is 0 Å². The maximum Gasteiger partial charge on any atom is 0.233 e. The lowest BCUT2D eigenvalue weighted by molar-refractivity contribution is -0.120. The lowest BCUT2D eigenvalue weighted by Crippen LogP contribution is -2.33. The number of nitrogens with one attached hydrogen (secondary N) is 1. The largest absolute Gasteiger partial charge is 0.349 e. The van der Waals surface area contributed by atoms with Gasteiger partial charge in [0.1, 0.15) is 6.33 Å². The first-order valence-corrected chi connectivity index (χ1v) is 9.24. The fourth-order valence-corrected chi connectivity index (χ4v) is 3.68. The van der Waals surface area contributed by atoms with E-state index in [9.17, 15) is 4.79 Å². The van der Waals surface area contributed by atoms with Crippen LogP contribution < -0.4 is 5.32 Å². The number of carbonyl (C=O) groups excluding carboxylic acids is 1. The smallest absolute Gasteiger partial charge is 0.233 e. The lowest BCUT2D eigenvalue weighted by atomic mass is 10.1. The van der Waals surface area contributed by atoms with Crippen LogP contribution in [0.1, 0.15) is 45.3 Å². The number of rotatable bonds is 6. The van der Waals surface area contributed by atoms with Gasteiger partial charge in [0.2, 0.25) is 5.91 Å². The van der Waals surface area contributed by atoms with Crippen molar-refractivity contribution in [3.05, 3.63) is 40.1 Å². The normalized spacial score (nSPS) is 13.8. The molecule has 0 saturated heterocycles. The SMILES string of the molecule is CC(C)n1cnnc1S[C@H](C)C(=O)N[C@H](C)c1ccc(Cl)cc1Cl. The number of aromatic nitrogens is 3. The van der Waals surface area contributed by atoms with Crippen LogP contribution >= 0.6 is 35.0 Å². The van der Waals surface area contributed by atoms with Crippen molar-refractivity contribution in [2.45, 2.75) is 50.2 Å². The molecule has 2 rings (SSSR count). The van der Waals surface area contributed by atoms with Gasteiger partial charge >= 0.3 is 0 Å².